The van der Waals surface area contributed by atoms with Crippen molar-refractivity contribution in [3.8, 4) is 11.1 Å². The fraction of sp³-hybridized carbons (Fsp3) is 0.400. The van der Waals surface area contributed by atoms with E-state index in [1.807, 2.05) is 48.5 Å². The van der Waals surface area contributed by atoms with Gasteiger partial charge in [0.05, 0.1) is 6.42 Å². The Morgan fingerprint density at radius 1 is 1.00 bits per heavy atom. The number of nitrogens with one attached hydrogen (secondary N) is 2. The summed E-state index contributed by atoms with van der Waals surface area (Å²) in [6.07, 6.45) is 3.10. The molecule has 0 saturated heterocycles. The van der Waals surface area contributed by atoms with Crippen LogP contribution in [0.1, 0.15) is 49.1 Å². The summed E-state index contributed by atoms with van der Waals surface area (Å²) in [4.78, 5) is 36.1. The molecule has 0 aliphatic heterocycles. The molecule has 1 saturated carbocycles. The lowest BCUT2D eigenvalue weighted by Gasteiger charge is -2.18. The van der Waals surface area contributed by atoms with Gasteiger partial charge in [-0.1, -0.05) is 61.4 Å². The summed E-state index contributed by atoms with van der Waals surface area (Å²) in [5.41, 5.74) is 4.40. The molecule has 2 aliphatic carbocycles. The Morgan fingerprint density at radius 2 is 1.62 bits per heavy atom. The number of amides is 2. The monoisotopic (exact) mass is 436 g/mol. The van der Waals surface area contributed by atoms with Crippen LogP contribution in [-0.4, -0.2) is 42.3 Å². The van der Waals surface area contributed by atoms with E-state index in [1.165, 1.54) is 12.8 Å². The van der Waals surface area contributed by atoms with Gasteiger partial charge >= 0.3 is 12.1 Å². The smallest absolute Gasteiger partial charge is 0.407 e. The van der Waals surface area contributed by atoms with E-state index in [-0.39, 0.29) is 12.5 Å². The zero-order valence-corrected chi connectivity index (χ0v) is 17.9. The van der Waals surface area contributed by atoms with Gasteiger partial charge in [-0.15, -0.1) is 0 Å². The number of alkyl carbamates (subject to hydrolysis) is 1. The van der Waals surface area contributed by atoms with Crippen molar-refractivity contribution in [2.24, 2.45) is 5.92 Å². The molecule has 2 aliphatic rings. The van der Waals surface area contributed by atoms with E-state index in [0.29, 0.717) is 6.54 Å². The Balaban J connectivity index is 1.34. The molecule has 0 bridgehead atoms. The van der Waals surface area contributed by atoms with Crippen LogP contribution >= 0.6 is 0 Å². The Labute approximate surface area is 187 Å². The second-order valence-corrected chi connectivity index (χ2v) is 8.50. The summed E-state index contributed by atoms with van der Waals surface area (Å²) in [5, 5.41) is 14.3. The van der Waals surface area contributed by atoms with E-state index in [4.69, 9.17) is 9.84 Å². The van der Waals surface area contributed by atoms with E-state index in [9.17, 15) is 14.4 Å². The van der Waals surface area contributed by atoms with Gasteiger partial charge in [0, 0.05) is 12.5 Å². The minimum atomic E-state index is -1.18. The molecule has 7 nitrogen and oxygen atoms in total. The van der Waals surface area contributed by atoms with Gasteiger partial charge in [-0.3, -0.25) is 9.59 Å². The predicted molar refractivity (Wildman–Crippen MR) is 119 cm³/mol. The zero-order valence-electron chi connectivity index (χ0n) is 17.9. The average Bonchev–Trinajstić information content (AvgIpc) is 3.56. The molecule has 1 fully saturated rings. The minimum absolute atomic E-state index is 0.0999. The standard InChI is InChI=1S/C25H28N2O5/c28-23(29)14-22(24(30)26-13-5-6-16-11-12-16)27-25(31)32-15-21-19-9-3-1-7-17(19)18-8-2-4-10-20(18)21/h1-4,7-10,16,21-22H,5-6,11-15H2,(H,26,30)(H,27,31)(H,28,29). The van der Waals surface area contributed by atoms with Crippen molar-refractivity contribution in [2.45, 2.75) is 44.1 Å². The molecule has 2 amide bonds. The predicted octanol–water partition coefficient (Wildman–Crippen LogP) is 3.67. The summed E-state index contributed by atoms with van der Waals surface area (Å²) >= 11 is 0. The maximum atomic E-state index is 12.4. The van der Waals surface area contributed by atoms with Gasteiger partial charge in [-0.2, -0.15) is 0 Å². The molecule has 7 heteroatoms. The van der Waals surface area contributed by atoms with Crippen molar-refractivity contribution in [1.82, 2.24) is 10.6 Å². The lowest BCUT2D eigenvalue weighted by atomic mass is 9.98. The molecule has 0 spiro atoms. The third-order valence-electron chi connectivity index (χ3n) is 6.12. The number of fused-ring (bicyclic) bond motifs is 3. The van der Waals surface area contributed by atoms with Crippen LogP contribution in [0.3, 0.4) is 0 Å². The summed E-state index contributed by atoms with van der Waals surface area (Å²) in [7, 11) is 0. The van der Waals surface area contributed by atoms with Gasteiger partial charge in [0.15, 0.2) is 0 Å². The SMILES string of the molecule is O=C(O)CC(NC(=O)OCC1c2ccccc2-c2ccccc21)C(=O)NCCCC1CC1. The maximum Gasteiger partial charge on any atom is 0.407 e. The van der Waals surface area contributed by atoms with E-state index >= 15 is 0 Å². The maximum absolute atomic E-state index is 12.4. The van der Waals surface area contributed by atoms with Gasteiger partial charge in [0.25, 0.3) is 0 Å². The summed E-state index contributed by atoms with van der Waals surface area (Å²) in [6.45, 7) is 0.570. The first kappa shape index (κ1) is 21.9. The van der Waals surface area contributed by atoms with Gasteiger partial charge < -0.3 is 20.5 Å². The highest BCUT2D eigenvalue weighted by Crippen LogP contribution is 2.44. The number of ether oxygens (including phenoxy) is 1. The molecule has 0 aromatic heterocycles. The van der Waals surface area contributed by atoms with E-state index in [0.717, 1.165) is 41.0 Å². The highest BCUT2D eigenvalue weighted by molar-refractivity contribution is 5.89. The molecule has 1 unspecified atom stereocenters. The molecular weight excluding hydrogens is 408 g/mol. The van der Waals surface area contributed by atoms with Crippen LogP contribution in [0.25, 0.3) is 11.1 Å². The molecule has 0 heterocycles. The molecule has 168 valence electrons. The van der Waals surface area contributed by atoms with Gasteiger partial charge in [-0.25, -0.2) is 4.79 Å². The Hall–Kier alpha value is -3.35. The van der Waals surface area contributed by atoms with Crippen molar-refractivity contribution in [1.29, 1.82) is 0 Å². The van der Waals surface area contributed by atoms with Crippen molar-refractivity contribution >= 4 is 18.0 Å². The van der Waals surface area contributed by atoms with Crippen LogP contribution in [0.2, 0.25) is 0 Å². The molecule has 32 heavy (non-hydrogen) atoms. The fourth-order valence-corrected chi connectivity index (χ4v) is 4.30. The summed E-state index contributed by atoms with van der Waals surface area (Å²) in [5.74, 6) is -1.01. The van der Waals surface area contributed by atoms with Crippen LogP contribution in [0, 0.1) is 5.92 Å². The minimum Gasteiger partial charge on any atom is -0.481 e. The molecule has 0 radical (unpaired) electrons. The van der Waals surface area contributed by atoms with Crippen LogP contribution in [0.4, 0.5) is 4.79 Å². The average molecular weight is 437 g/mol. The second kappa shape index (κ2) is 9.85. The molecule has 2 aromatic carbocycles. The van der Waals surface area contributed by atoms with Crippen molar-refractivity contribution in [3.63, 3.8) is 0 Å². The topological polar surface area (TPSA) is 105 Å². The fourth-order valence-electron chi connectivity index (χ4n) is 4.30. The number of aliphatic carboxylic acids is 1. The van der Waals surface area contributed by atoms with E-state index in [1.54, 1.807) is 0 Å². The Kier molecular flexibility index (Phi) is 6.73. The molecule has 3 N–H and O–H groups in total. The van der Waals surface area contributed by atoms with Gasteiger partial charge in [0.2, 0.25) is 5.91 Å². The largest absolute Gasteiger partial charge is 0.481 e. The number of hydrogen-bond acceptors (Lipinski definition) is 4. The van der Waals surface area contributed by atoms with Crippen molar-refractivity contribution in [2.75, 3.05) is 13.2 Å². The number of hydrogen-bond donors (Lipinski definition) is 3. The van der Waals surface area contributed by atoms with E-state index in [2.05, 4.69) is 10.6 Å². The Bertz CT molecular complexity index is 956. The zero-order chi connectivity index (χ0) is 22.5. The number of benzene rings is 2. The van der Waals surface area contributed by atoms with Gasteiger partial charge in [0.1, 0.15) is 12.6 Å². The van der Waals surface area contributed by atoms with E-state index < -0.39 is 30.4 Å². The number of carbonyl (C=O) groups is 3. The first-order valence-electron chi connectivity index (χ1n) is 11.1. The molecule has 4 rings (SSSR count). The summed E-state index contributed by atoms with van der Waals surface area (Å²) < 4.78 is 5.44. The number of carboxylic acids is 1. The quantitative estimate of drug-likeness (QED) is 0.493. The first-order chi connectivity index (χ1) is 15.5. The van der Waals surface area contributed by atoms with Crippen LogP contribution < -0.4 is 10.6 Å². The number of carbonyl (C=O) groups excluding carboxylic acids is 2. The van der Waals surface area contributed by atoms with Crippen LogP contribution in [0.5, 0.6) is 0 Å². The van der Waals surface area contributed by atoms with Crippen molar-refractivity contribution < 1.29 is 24.2 Å². The normalized spacial score (nSPS) is 15.4. The second-order valence-electron chi connectivity index (χ2n) is 8.50. The lowest BCUT2D eigenvalue weighted by Crippen LogP contribution is -2.48. The lowest BCUT2D eigenvalue weighted by molar-refractivity contribution is -0.139. The highest BCUT2D eigenvalue weighted by Gasteiger charge is 2.30. The third kappa shape index (κ3) is 5.28. The first-order valence-corrected chi connectivity index (χ1v) is 11.1. The third-order valence-corrected chi connectivity index (χ3v) is 6.12. The molecule has 1 atom stereocenters. The van der Waals surface area contributed by atoms with Crippen molar-refractivity contribution in [3.05, 3.63) is 59.7 Å². The number of carboxylic acid groups (broad SMARTS) is 1. The van der Waals surface area contributed by atoms with Crippen LogP contribution in [-0.2, 0) is 14.3 Å². The highest BCUT2D eigenvalue weighted by atomic mass is 16.5. The summed E-state index contributed by atoms with van der Waals surface area (Å²) in [6, 6.07) is 14.8. The molecular formula is C25H28N2O5. The molecule has 2 aromatic rings. The Morgan fingerprint density at radius 3 is 2.22 bits per heavy atom. The van der Waals surface area contributed by atoms with Gasteiger partial charge in [-0.05, 0) is 41.0 Å². The number of rotatable bonds is 10. The van der Waals surface area contributed by atoms with Crippen LogP contribution in [0.15, 0.2) is 48.5 Å².